The minimum absolute atomic E-state index is 0.782. The van der Waals surface area contributed by atoms with E-state index >= 15 is 0 Å². The predicted molar refractivity (Wildman–Crippen MR) is 88.5 cm³/mol. The third-order valence-electron chi connectivity index (χ3n) is 4.41. The smallest absolute Gasteiger partial charge is 0.139 e. The van der Waals surface area contributed by atoms with Crippen molar-refractivity contribution in [1.82, 2.24) is 9.55 Å². The molecule has 0 spiro atoms. The van der Waals surface area contributed by atoms with Gasteiger partial charge >= 0.3 is 0 Å². The average molecular weight is 273 g/mol. The van der Waals surface area contributed by atoms with E-state index in [1.54, 1.807) is 6.20 Å². The summed E-state index contributed by atoms with van der Waals surface area (Å²) in [6.07, 6.45) is 5.01. The molecule has 0 saturated heterocycles. The zero-order chi connectivity index (χ0) is 14.6. The van der Waals surface area contributed by atoms with Crippen LogP contribution in [0.5, 0.6) is 0 Å². The Kier molecular flexibility index (Phi) is 2.61. The monoisotopic (exact) mass is 273 g/mol. The maximum absolute atomic E-state index is 6.18. The lowest BCUT2D eigenvalue weighted by molar-refractivity contribution is 0.949. The van der Waals surface area contributed by atoms with Crippen LogP contribution in [-0.2, 0) is 13.5 Å². The van der Waals surface area contributed by atoms with Crippen molar-refractivity contribution in [2.24, 2.45) is 7.05 Å². The summed E-state index contributed by atoms with van der Waals surface area (Å²) in [7, 11) is 10.3. The zero-order valence-electron chi connectivity index (χ0n) is 12.3. The molecular formula is C17H16BN3. The van der Waals surface area contributed by atoms with E-state index in [2.05, 4.69) is 41.3 Å². The van der Waals surface area contributed by atoms with Crippen molar-refractivity contribution < 1.29 is 0 Å². The van der Waals surface area contributed by atoms with Crippen molar-refractivity contribution in [3.8, 4) is 11.1 Å². The molecule has 4 heteroatoms. The lowest BCUT2D eigenvalue weighted by Gasteiger charge is -2.13. The Bertz CT molecular complexity index is 851. The second-order valence-corrected chi connectivity index (χ2v) is 5.77. The van der Waals surface area contributed by atoms with E-state index < -0.39 is 0 Å². The fraction of sp³-hybridized carbons (Fsp3) is 0.235. The lowest BCUT2D eigenvalue weighted by Crippen LogP contribution is -2.12. The van der Waals surface area contributed by atoms with E-state index in [0.29, 0.717) is 0 Å². The Morgan fingerprint density at radius 2 is 2.05 bits per heavy atom. The van der Waals surface area contributed by atoms with E-state index in [-0.39, 0.29) is 0 Å². The van der Waals surface area contributed by atoms with Gasteiger partial charge in [0.05, 0.1) is 0 Å². The predicted octanol–water partition coefficient (Wildman–Crippen LogP) is 2.03. The summed E-state index contributed by atoms with van der Waals surface area (Å²) in [6.45, 7) is 1.10. The molecule has 3 heterocycles. The standard InChI is InChI=1S/C17H16BN3/c1-20-8-6-11-3-4-12(9-15(11)20)13-10-21(2)17-16(13)14(18)5-7-19-17/h3-5,7,9-10H,6,8H2,1-2H3. The molecule has 0 atom stereocenters. The van der Waals surface area contributed by atoms with E-state index in [0.717, 1.165) is 35.0 Å². The van der Waals surface area contributed by atoms with E-state index in [9.17, 15) is 0 Å². The number of rotatable bonds is 1. The number of aryl methyl sites for hydroxylation is 1. The van der Waals surface area contributed by atoms with Crippen LogP contribution in [0.2, 0.25) is 0 Å². The average Bonchev–Trinajstić information content (AvgIpc) is 3.02. The summed E-state index contributed by atoms with van der Waals surface area (Å²) >= 11 is 0. The molecule has 0 aliphatic carbocycles. The summed E-state index contributed by atoms with van der Waals surface area (Å²) < 4.78 is 2.04. The molecule has 4 rings (SSSR count). The number of nitrogens with zero attached hydrogens (tertiary/aromatic N) is 3. The molecule has 1 aliphatic rings. The van der Waals surface area contributed by atoms with Gasteiger partial charge in [-0.15, -0.1) is 0 Å². The highest BCUT2D eigenvalue weighted by molar-refractivity contribution is 6.39. The van der Waals surface area contributed by atoms with Gasteiger partial charge in [0, 0.05) is 49.7 Å². The van der Waals surface area contributed by atoms with E-state index in [4.69, 9.17) is 7.85 Å². The van der Waals surface area contributed by atoms with Gasteiger partial charge in [0.15, 0.2) is 0 Å². The second-order valence-electron chi connectivity index (χ2n) is 5.77. The fourth-order valence-corrected chi connectivity index (χ4v) is 3.25. The van der Waals surface area contributed by atoms with Crippen molar-refractivity contribution in [2.75, 3.05) is 18.5 Å². The Morgan fingerprint density at radius 1 is 1.19 bits per heavy atom. The maximum atomic E-state index is 6.18. The molecule has 0 N–H and O–H groups in total. The molecular weight excluding hydrogens is 257 g/mol. The molecule has 0 bridgehead atoms. The molecule has 2 aromatic heterocycles. The largest absolute Gasteiger partial charge is 0.374 e. The van der Waals surface area contributed by atoms with Gasteiger partial charge in [-0.25, -0.2) is 4.98 Å². The lowest BCUT2D eigenvalue weighted by atomic mass is 9.90. The number of pyridine rings is 1. The Balaban J connectivity index is 1.97. The van der Waals surface area contributed by atoms with Crippen LogP contribution in [-0.4, -0.2) is 31.0 Å². The summed E-state index contributed by atoms with van der Waals surface area (Å²) in [5.74, 6) is 0. The molecule has 3 aromatic rings. The number of benzene rings is 1. The Morgan fingerprint density at radius 3 is 2.90 bits per heavy atom. The molecule has 0 fully saturated rings. The number of aromatic nitrogens is 2. The second kappa shape index (κ2) is 4.38. The third-order valence-corrected chi connectivity index (χ3v) is 4.41. The minimum Gasteiger partial charge on any atom is -0.374 e. The van der Waals surface area contributed by atoms with Crippen LogP contribution in [0.25, 0.3) is 22.2 Å². The minimum atomic E-state index is 0.782. The van der Waals surface area contributed by atoms with Crippen LogP contribution in [0, 0.1) is 0 Å². The summed E-state index contributed by atoms with van der Waals surface area (Å²) in [4.78, 5) is 6.76. The highest BCUT2D eigenvalue weighted by atomic mass is 15.1. The summed E-state index contributed by atoms with van der Waals surface area (Å²) in [5, 5.41) is 1.04. The van der Waals surface area contributed by atoms with Crippen LogP contribution in [0.3, 0.4) is 0 Å². The van der Waals surface area contributed by atoms with Crippen molar-refractivity contribution in [3.63, 3.8) is 0 Å². The van der Waals surface area contributed by atoms with Gasteiger partial charge < -0.3 is 9.47 Å². The molecule has 2 radical (unpaired) electrons. The normalized spacial score (nSPS) is 13.9. The van der Waals surface area contributed by atoms with Gasteiger partial charge in [0.2, 0.25) is 0 Å². The van der Waals surface area contributed by atoms with Crippen molar-refractivity contribution in [3.05, 3.63) is 42.2 Å². The number of fused-ring (bicyclic) bond motifs is 2. The summed E-state index contributed by atoms with van der Waals surface area (Å²) in [6, 6.07) is 8.56. The quantitative estimate of drug-likeness (QED) is 0.632. The molecule has 3 nitrogen and oxygen atoms in total. The first-order valence-corrected chi connectivity index (χ1v) is 7.19. The van der Waals surface area contributed by atoms with E-state index in [1.807, 2.05) is 17.7 Å². The number of hydrogen-bond acceptors (Lipinski definition) is 2. The van der Waals surface area contributed by atoms with Crippen LogP contribution in [0.15, 0.2) is 36.7 Å². The SMILES string of the molecule is [B]c1ccnc2c1c(-c1ccc3c(c1)N(C)CC3)cn2C. The fourth-order valence-electron chi connectivity index (χ4n) is 3.25. The number of hydrogen-bond donors (Lipinski definition) is 0. The molecule has 1 aliphatic heterocycles. The van der Waals surface area contributed by atoms with Crippen LogP contribution in [0.1, 0.15) is 5.56 Å². The van der Waals surface area contributed by atoms with Crippen molar-refractivity contribution >= 4 is 30.0 Å². The van der Waals surface area contributed by atoms with Gasteiger partial charge in [-0.1, -0.05) is 23.7 Å². The van der Waals surface area contributed by atoms with Crippen molar-refractivity contribution in [1.29, 1.82) is 0 Å². The van der Waals surface area contributed by atoms with Gasteiger partial charge in [0.25, 0.3) is 0 Å². The summed E-state index contributed by atoms with van der Waals surface area (Å²) in [5.41, 5.74) is 6.82. The molecule has 1 aromatic carbocycles. The molecule has 0 saturated carbocycles. The molecule has 0 amide bonds. The molecule has 0 unspecified atom stereocenters. The Labute approximate surface area is 125 Å². The highest BCUT2D eigenvalue weighted by Crippen LogP contribution is 2.34. The molecule has 102 valence electrons. The van der Waals surface area contributed by atoms with Gasteiger partial charge in [0.1, 0.15) is 13.5 Å². The number of anilines is 1. The molecule has 21 heavy (non-hydrogen) atoms. The van der Waals surface area contributed by atoms with Gasteiger partial charge in [-0.3, -0.25) is 0 Å². The maximum Gasteiger partial charge on any atom is 0.139 e. The van der Waals surface area contributed by atoms with E-state index in [1.165, 1.54) is 16.8 Å². The van der Waals surface area contributed by atoms with Crippen LogP contribution >= 0.6 is 0 Å². The highest BCUT2D eigenvalue weighted by Gasteiger charge is 2.18. The van der Waals surface area contributed by atoms with Gasteiger partial charge in [-0.2, -0.15) is 0 Å². The Hall–Kier alpha value is -2.23. The first-order valence-electron chi connectivity index (χ1n) is 7.19. The van der Waals surface area contributed by atoms with Crippen LogP contribution < -0.4 is 10.4 Å². The van der Waals surface area contributed by atoms with Crippen molar-refractivity contribution in [2.45, 2.75) is 6.42 Å². The topological polar surface area (TPSA) is 21.1 Å². The first-order chi connectivity index (χ1) is 10.1. The van der Waals surface area contributed by atoms with Gasteiger partial charge in [-0.05, 0) is 23.6 Å². The first kappa shape index (κ1) is 12.5. The zero-order valence-corrected chi connectivity index (χ0v) is 12.3. The third kappa shape index (κ3) is 1.79. The van der Waals surface area contributed by atoms with Crippen LogP contribution in [0.4, 0.5) is 5.69 Å². The number of likely N-dealkylation sites (N-methyl/N-ethyl adjacent to an activating group) is 1.